The smallest absolute Gasteiger partial charge is 0.313 e. The van der Waals surface area contributed by atoms with Crippen molar-refractivity contribution in [3.8, 4) is 11.5 Å². The number of para-hydroxylation sites is 1. The van der Waals surface area contributed by atoms with Crippen LogP contribution in [-0.2, 0) is 0 Å². The highest BCUT2D eigenvalue weighted by atomic mass is 35.5. The van der Waals surface area contributed by atoms with Gasteiger partial charge in [-0.15, -0.1) is 0 Å². The van der Waals surface area contributed by atoms with Gasteiger partial charge in [0, 0.05) is 6.07 Å². The van der Waals surface area contributed by atoms with Gasteiger partial charge in [0.15, 0.2) is 0 Å². The fraction of sp³-hybridized carbons (Fsp3) is 0. The number of halogens is 2. The molecule has 0 aliphatic heterocycles. The summed E-state index contributed by atoms with van der Waals surface area (Å²) in [4.78, 5) is 10.3. The van der Waals surface area contributed by atoms with Crippen LogP contribution in [0.1, 0.15) is 0 Å². The van der Waals surface area contributed by atoms with Gasteiger partial charge >= 0.3 is 5.69 Å². The normalized spacial score (nSPS) is 10.1. The third-order valence-electron chi connectivity index (χ3n) is 2.19. The lowest BCUT2D eigenvalue weighted by atomic mass is 10.3. The zero-order valence-corrected chi connectivity index (χ0v) is 10.5. The molecule has 2 rings (SSSR count). The molecule has 0 aromatic heterocycles. The Hall–Kier alpha value is -1.78. The average Bonchev–Trinajstić information content (AvgIpc) is 2.36. The molecule has 0 saturated heterocycles. The maximum absolute atomic E-state index is 10.9. The van der Waals surface area contributed by atoms with E-state index in [0.717, 1.165) is 0 Å². The first kappa shape index (κ1) is 12.7. The van der Waals surface area contributed by atoms with Crippen molar-refractivity contribution < 1.29 is 9.66 Å². The molecule has 0 amide bonds. The number of rotatable bonds is 3. The standard InChI is InChI=1S/C12H7Cl2NO3/c13-9-6-7-10(15(16)17)12(11(9)14)18-8-4-2-1-3-5-8/h1-7H. The van der Waals surface area contributed by atoms with Gasteiger partial charge in [0.1, 0.15) is 10.8 Å². The second kappa shape index (κ2) is 5.25. The van der Waals surface area contributed by atoms with Crippen LogP contribution in [0.15, 0.2) is 42.5 Å². The quantitative estimate of drug-likeness (QED) is 0.606. The van der Waals surface area contributed by atoms with Gasteiger partial charge in [-0.2, -0.15) is 0 Å². The van der Waals surface area contributed by atoms with Gasteiger partial charge in [0.25, 0.3) is 0 Å². The Labute approximate surface area is 113 Å². The molecule has 6 heteroatoms. The van der Waals surface area contributed by atoms with Crippen molar-refractivity contribution in [1.82, 2.24) is 0 Å². The van der Waals surface area contributed by atoms with Gasteiger partial charge in [-0.3, -0.25) is 10.1 Å². The molecule has 0 fully saturated rings. The lowest BCUT2D eigenvalue weighted by Gasteiger charge is -2.08. The van der Waals surface area contributed by atoms with E-state index in [1.807, 2.05) is 0 Å². The first-order chi connectivity index (χ1) is 8.59. The zero-order chi connectivity index (χ0) is 13.1. The van der Waals surface area contributed by atoms with Crippen LogP contribution in [0, 0.1) is 10.1 Å². The molecular formula is C12H7Cl2NO3. The van der Waals surface area contributed by atoms with Gasteiger partial charge in [0.05, 0.1) is 9.95 Å². The molecular weight excluding hydrogens is 277 g/mol. The molecule has 0 heterocycles. The number of nitro groups is 1. The predicted molar refractivity (Wildman–Crippen MR) is 69.6 cm³/mol. The van der Waals surface area contributed by atoms with E-state index in [-0.39, 0.29) is 21.5 Å². The van der Waals surface area contributed by atoms with E-state index < -0.39 is 4.92 Å². The van der Waals surface area contributed by atoms with Crippen LogP contribution in [0.5, 0.6) is 11.5 Å². The van der Waals surface area contributed by atoms with Gasteiger partial charge in [-0.1, -0.05) is 41.4 Å². The molecule has 0 saturated carbocycles. The lowest BCUT2D eigenvalue weighted by Crippen LogP contribution is -1.94. The maximum Gasteiger partial charge on any atom is 0.313 e. The van der Waals surface area contributed by atoms with Gasteiger partial charge in [0.2, 0.25) is 5.75 Å². The Morgan fingerprint density at radius 1 is 1.06 bits per heavy atom. The van der Waals surface area contributed by atoms with Crippen LogP contribution in [0.3, 0.4) is 0 Å². The lowest BCUT2D eigenvalue weighted by molar-refractivity contribution is -0.385. The highest BCUT2D eigenvalue weighted by Gasteiger charge is 2.21. The Morgan fingerprint density at radius 2 is 1.72 bits per heavy atom. The van der Waals surface area contributed by atoms with E-state index in [0.29, 0.717) is 5.75 Å². The second-order valence-corrected chi connectivity index (χ2v) is 4.17. The molecule has 0 N–H and O–H groups in total. The molecule has 0 atom stereocenters. The summed E-state index contributed by atoms with van der Waals surface area (Å²) in [6.45, 7) is 0. The first-order valence-corrected chi connectivity index (χ1v) is 5.70. The minimum absolute atomic E-state index is 0.0229. The van der Waals surface area contributed by atoms with E-state index in [1.165, 1.54) is 12.1 Å². The van der Waals surface area contributed by atoms with Gasteiger partial charge in [-0.25, -0.2) is 0 Å². The fourth-order valence-electron chi connectivity index (χ4n) is 1.37. The molecule has 2 aromatic rings. The molecule has 0 bridgehead atoms. The van der Waals surface area contributed by atoms with Crippen LogP contribution in [0.2, 0.25) is 10.0 Å². The molecule has 0 spiro atoms. The van der Waals surface area contributed by atoms with E-state index >= 15 is 0 Å². The highest BCUT2D eigenvalue weighted by Crippen LogP contribution is 2.41. The molecule has 4 nitrogen and oxygen atoms in total. The van der Waals surface area contributed by atoms with Crippen molar-refractivity contribution in [3.05, 3.63) is 62.6 Å². The van der Waals surface area contributed by atoms with Crippen molar-refractivity contribution in [2.75, 3.05) is 0 Å². The van der Waals surface area contributed by atoms with Crippen molar-refractivity contribution in [1.29, 1.82) is 0 Å². The first-order valence-electron chi connectivity index (χ1n) is 4.95. The van der Waals surface area contributed by atoms with Crippen molar-refractivity contribution in [3.63, 3.8) is 0 Å². The largest absolute Gasteiger partial charge is 0.448 e. The zero-order valence-electron chi connectivity index (χ0n) is 8.97. The molecule has 18 heavy (non-hydrogen) atoms. The molecule has 92 valence electrons. The van der Waals surface area contributed by atoms with Crippen LogP contribution in [-0.4, -0.2) is 4.92 Å². The Balaban J connectivity index is 2.48. The van der Waals surface area contributed by atoms with Crippen molar-refractivity contribution in [2.24, 2.45) is 0 Å². The summed E-state index contributed by atoms with van der Waals surface area (Å²) in [5.41, 5.74) is -0.228. The third-order valence-corrected chi connectivity index (χ3v) is 2.98. The molecule has 0 aliphatic carbocycles. The number of hydrogen-bond acceptors (Lipinski definition) is 3. The summed E-state index contributed by atoms with van der Waals surface area (Å²) >= 11 is 11.8. The van der Waals surface area contributed by atoms with Crippen LogP contribution in [0.4, 0.5) is 5.69 Å². The van der Waals surface area contributed by atoms with E-state index in [1.54, 1.807) is 30.3 Å². The van der Waals surface area contributed by atoms with Gasteiger partial charge < -0.3 is 4.74 Å². The summed E-state index contributed by atoms with van der Waals surface area (Å²) in [5, 5.41) is 11.1. The minimum atomic E-state index is -0.569. The van der Waals surface area contributed by atoms with Gasteiger partial charge in [-0.05, 0) is 18.2 Å². The number of hydrogen-bond donors (Lipinski definition) is 0. The number of nitro benzene ring substituents is 1. The Bertz CT molecular complexity index is 587. The highest BCUT2D eigenvalue weighted by molar-refractivity contribution is 6.43. The average molecular weight is 284 g/mol. The van der Waals surface area contributed by atoms with E-state index in [2.05, 4.69) is 0 Å². The van der Waals surface area contributed by atoms with Crippen LogP contribution < -0.4 is 4.74 Å². The summed E-state index contributed by atoms with van der Waals surface area (Å²) in [6.07, 6.45) is 0. The minimum Gasteiger partial charge on any atom is -0.448 e. The Kier molecular flexibility index (Phi) is 3.69. The number of ether oxygens (including phenoxy) is 1. The molecule has 2 aromatic carbocycles. The fourth-order valence-corrected chi connectivity index (χ4v) is 1.72. The van der Waals surface area contributed by atoms with Crippen molar-refractivity contribution in [2.45, 2.75) is 0 Å². The SMILES string of the molecule is O=[N+]([O-])c1ccc(Cl)c(Cl)c1Oc1ccccc1. The second-order valence-electron chi connectivity index (χ2n) is 3.38. The third kappa shape index (κ3) is 2.55. The predicted octanol–water partition coefficient (Wildman–Crippen LogP) is 4.69. The van der Waals surface area contributed by atoms with Crippen LogP contribution in [0.25, 0.3) is 0 Å². The Morgan fingerprint density at radius 3 is 2.33 bits per heavy atom. The molecule has 0 radical (unpaired) electrons. The van der Waals surface area contributed by atoms with Crippen molar-refractivity contribution >= 4 is 28.9 Å². The number of nitrogens with zero attached hydrogens (tertiary/aromatic N) is 1. The maximum atomic E-state index is 10.9. The monoisotopic (exact) mass is 283 g/mol. The van der Waals surface area contributed by atoms with E-state index in [4.69, 9.17) is 27.9 Å². The molecule has 0 aliphatic rings. The summed E-state index contributed by atoms with van der Waals surface area (Å²) < 4.78 is 5.42. The number of benzene rings is 2. The summed E-state index contributed by atoms with van der Waals surface area (Å²) in [5.74, 6) is 0.394. The molecule has 0 unspecified atom stereocenters. The van der Waals surface area contributed by atoms with E-state index in [9.17, 15) is 10.1 Å². The summed E-state index contributed by atoms with van der Waals surface area (Å²) in [7, 11) is 0. The topological polar surface area (TPSA) is 52.4 Å². The van der Waals surface area contributed by atoms with Crippen LogP contribution >= 0.6 is 23.2 Å². The summed E-state index contributed by atoms with van der Waals surface area (Å²) in [6, 6.07) is 11.3.